The summed E-state index contributed by atoms with van der Waals surface area (Å²) in [5.41, 5.74) is 0. The highest BCUT2D eigenvalue weighted by molar-refractivity contribution is 5.79. The van der Waals surface area contributed by atoms with Crippen LogP contribution in [-0.4, -0.2) is 77.9 Å². The summed E-state index contributed by atoms with van der Waals surface area (Å²) in [5.74, 6) is -1.93. The molecule has 1 rings (SSSR count). The lowest BCUT2D eigenvalue weighted by atomic mass is 10.2. The summed E-state index contributed by atoms with van der Waals surface area (Å²) in [6.07, 6.45) is -4.96. The van der Waals surface area contributed by atoms with Gasteiger partial charge in [0.15, 0.2) is 0 Å². The van der Waals surface area contributed by atoms with Gasteiger partial charge in [-0.15, -0.1) is 0 Å². The lowest BCUT2D eigenvalue weighted by Gasteiger charge is -2.36. The maximum absolute atomic E-state index is 12.4. The number of halogens is 3. The van der Waals surface area contributed by atoms with Gasteiger partial charge in [0, 0.05) is 13.1 Å². The Labute approximate surface area is 120 Å². The molecular weight excluding hydrogens is 293 g/mol. The first-order valence-corrected chi connectivity index (χ1v) is 6.51. The Bertz CT molecular complexity index is 379. The minimum atomic E-state index is -4.55. The first-order valence-electron chi connectivity index (χ1n) is 6.51. The quantitative estimate of drug-likeness (QED) is 0.804. The number of aliphatic carboxylic acids is 1. The van der Waals surface area contributed by atoms with Crippen molar-refractivity contribution in [3.63, 3.8) is 0 Å². The summed E-state index contributed by atoms with van der Waals surface area (Å²) in [6, 6.07) is 0. The fourth-order valence-corrected chi connectivity index (χ4v) is 2.29. The summed E-state index contributed by atoms with van der Waals surface area (Å²) in [7, 11) is 0. The molecule has 0 aromatic heterocycles. The molecule has 1 N–H and O–H groups in total. The monoisotopic (exact) mass is 312 g/mol. The van der Waals surface area contributed by atoms with Crippen LogP contribution in [0.25, 0.3) is 0 Å². The molecule has 0 aliphatic carbocycles. The number of morpholine rings is 1. The number of ether oxygens (including phenoxy) is 1. The van der Waals surface area contributed by atoms with E-state index in [2.05, 4.69) is 0 Å². The third-order valence-corrected chi connectivity index (χ3v) is 2.89. The van der Waals surface area contributed by atoms with E-state index in [1.54, 1.807) is 13.8 Å². The molecular formula is C12H19F3N2O4. The molecule has 0 bridgehead atoms. The van der Waals surface area contributed by atoms with Crippen LogP contribution in [0.5, 0.6) is 0 Å². The predicted octanol–water partition coefficient (Wildman–Crippen LogP) is 0.571. The number of alkyl halides is 3. The number of carboxylic acid groups (broad SMARTS) is 1. The van der Waals surface area contributed by atoms with Gasteiger partial charge >= 0.3 is 12.1 Å². The zero-order valence-electron chi connectivity index (χ0n) is 11.9. The van der Waals surface area contributed by atoms with Crippen molar-refractivity contribution in [1.82, 2.24) is 9.80 Å². The average Bonchev–Trinajstić information content (AvgIpc) is 2.23. The Morgan fingerprint density at radius 3 is 2.19 bits per heavy atom. The van der Waals surface area contributed by atoms with Crippen LogP contribution in [0.2, 0.25) is 0 Å². The standard InChI is InChI=1S/C12H19F3N2O4/c1-8-3-17(4-9(2)21-8)10(18)5-16(6-11(19)20)7-12(13,14)15/h8-9H,3-7H2,1-2H3,(H,19,20). The Hall–Kier alpha value is -1.35. The van der Waals surface area contributed by atoms with Gasteiger partial charge in [-0.3, -0.25) is 14.5 Å². The van der Waals surface area contributed by atoms with E-state index < -0.39 is 37.7 Å². The lowest BCUT2D eigenvalue weighted by molar-refractivity contribution is -0.160. The number of rotatable bonds is 5. The van der Waals surface area contributed by atoms with Gasteiger partial charge in [0.1, 0.15) is 0 Å². The molecule has 21 heavy (non-hydrogen) atoms. The van der Waals surface area contributed by atoms with Crippen LogP contribution in [0.15, 0.2) is 0 Å². The second-order valence-corrected chi connectivity index (χ2v) is 5.21. The van der Waals surface area contributed by atoms with Crippen molar-refractivity contribution in [3.8, 4) is 0 Å². The van der Waals surface area contributed by atoms with E-state index in [9.17, 15) is 22.8 Å². The fourth-order valence-electron chi connectivity index (χ4n) is 2.29. The summed E-state index contributed by atoms with van der Waals surface area (Å²) in [6.45, 7) is 1.26. The highest BCUT2D eigenvalue weighted by Gasteiger charge is 2.34. The van der Waals surface area contributed by atoms with Crippen LogP contribution in [0, 0.1) is 0 Å². The summed E-state index contributed by atoms with van der Waals surface area (Å²) >= 11 is 0. The van der Waals surface area contributed by atoms with Gasteiger partial charge in [-0.1, -0.05) is 0 Å². The average molecular weight is 312 g/mol. The number of hydrogen-bond donors (Lipinski definition) is 1. The maximum atomic E-state index is 12.4. The zero-order chi connectivity index (χ0) is 16.2. The molecule has 9 heteroatoms. The Kier molecular flexibility index (Phi) is 5.97. The van der Waals surface area contributed by atoms with Gasteiger partial charge < -0.3 is 14.7 Å². The van der Waals surface area contributed by atoms with Gasteiger partial charge in [-0.2, -0.15) is 13.2 Å². The second-order valence-electron chi connectivity index (χ2n) is 5.21. The zero-order valence-corrected chi connectivity index (χ0v) is 11.9. The minimum Gasteiger partial charge on any atom is -0.480 e. The van der Waals surface area contributed by atoms with E-state index in [0.717, 1.165) is 0 Å². The molecule has 2 unspecified atom stereocenters. The SMILES string of the molecule is CC1CN(C(=O)CN(CC(=O)O)CC(F)(F)F)CC(C)O1. The third-order valence-electron chi connectivity index (χ3n) is 2.89. The molecule has 6 nitrogen and oxygen atoms in total. The highest BCUT2D eigenvalue weighted by atomic mass is 19.4. The maximum Gasteiger partial charge on any atom is 0.401 e. The number of carbonyl (C=O) groups excluding carboxylic acids is 1. The molecule has 2 atom stereocenters. The van der Waals surface area contributed by atoms with E-state index in [0.29, 0.717) is 4.90 Å². The van der Waals surface area contributed by atoms with E-state index in [1.807, 2.05) is 0 Å². The highest BCUT2D eigenvalue weighted by Crippen LogP contribution is 2.17. The van der Waals surface area contributed by atoms with E-state index >= 15 is 0 Å². The van der Waals surface area contributed by atoms with Crippen molar-refractivity contribution in [2.24, 2.45) is 0 Å². The molecule has 1 aliphatic heterocycles. The molecule has 0 spiro atoms. The summed E-state index contributed by atoms with van der Waals surface area (Å²) < 4.78 is 42.6. The first kappa shape index (κ1) is 17.7. The molecule has 1 aliphatic rings. The van der Waals surface area contributed by atoms with Crippen molar-refractivity contribution in [2.45, 2.75) is 32.2 Å². The van der Waals surface area contributed by atoms with Crippen molar-refractivity contribution in [3.05, 3.63) is 0 Å². The number of nitrogens with zero attached hydrogens (tertiary/aromatic N) is 2. The van der Waals surface area contributed by atoms with Gasteiger partial charge in [0.05, 0.1) is 31.8 Å². The minimum absolute atomic E-state index is 0.201. The number of carbonyl (C=O) groups is 2. The largest absolute Gasteiger partial charge is 0.480 e. The molecule has 0 aromatic rings. The van der Waals surface area contributed by atoms with Crippen molar-refractivity contribution < 1.29 is 32.6 Å². The molecule has 0 saturated carbocycles. The Morgan fingerprint density at radius 2 is 1.76 bits per heavy atom. The van der Waals surface area contributed by atoms with Gasteiger partial charge in [0.2, 0.25) is 5.91 Å². The molecule has 0 aromatic carbocycles. The lowest BCUT2D eigenvalue weighted by Crippen LogP contribution is -2.52. The molecule has 1 fully saturated rings. The van der Waals surface area contributed by atoms with Gasteiger partial charge in [-0.25, -0.2) is 0 Å². The van der Waals surface area contributed by atoms with Crippen LogP contribution in [0.3, 0.4) is 0 Å². The Balaban J connectivity index is 2.64. The third kappa shape index (κ3) is 6.76. The predicted molar refractivity (Wildman–Crippen MR) is 66.7 cm³/mol. The van der Waals surface area contributed by atoms with E-state index in [1.165, 1.54) is 4.90 Å². The van der Waals surface area contributed by atoms with E-state index in [4.69, 9.17) is 9.84 Å². The van der Waals surface area contributed by atoms with Crippen molar-refractivity contribution in [1.29, 1.82) is 0 Å². The molecule has 0 radical (unpaired) electrons. The number of amides is 1. The number of hydrogen-bond acceptors (Lipinski definition) is 4. The smallest absolute Gasteiger partial charge is 0.401 e. The fraction of sp³-hybridized carbons (Fsp3) is 0.833. The van der Waals surface area contributed by atoms with Crippen LogP contribution in [0.4, 0.5) is 13.2 Å². The normalized spacial score (nSPS) is 23.4. The summed E-state index contributed by atoms with van der Waals surface area (Å²) in [5, 5.41) is 8.63. The van der Waals surface area contributed by atoms with E-state index in [-0.39, 0.29) is 25.3 Å². The summed E-state index contributed by atoms with van der Waals surface area (Å²) in [4.78, 5) is 24.6. The first-order chi connectivity index (χ1) is 9.56. The molecule has 122 valence electrons. The molecule has 1 heterocycles. The molecule has 1 amide bonds. The van der Waals surface area contributed by atoms with Crippen molar-refractivity contribution >= 4 is 11.9 Å². The van der Waals surface area contributed by atoms with Crippen LogP contribution >= 0.6 is 0 Å². The van der Waals surface area contributed by atoms with Crippen LogP contribution in [-0.2, 0) is 14.3 Å². The second kappa shape index (κ2) is 7.08. The number of carboxylic acids is 1. The Morgan fingerprint density at radius 1 is 1.24 bits per heavy atom. The van der Waals surface area contributed by atoms with Crippen LogP contribution < -0.4 is 0 Å². The van der Waals surface area contributed by atoms with Gasteiger partial charge in [-0.05, 0) is 13.8 Å². The topological polar surface area (TPSA) is 70.1 Å². The van der Waals surface area contributed by atoms with Gasteiger partial charge in [0.25, 0.3) is 0 Å². The van der Waals surface area contributed by atoms with Crippen molar-refractivity contribution in [2.75, 3.05) is 32.7 Å². The van der Waals surface area contributed by atoms with Crippen LogP contribution in [0.1, 0.15) is 13.8 Å². The molecule has 1 saturated heterocycles.